The van der Waals surface area contributed by atoms with Crippen molar-refractivity contribution in [3.05, 3.63) is 24.3 Å². The van der Waals surface area contributed by atoms with Crippen molar-refractivity contribution < 1.29 is 14.3 Å². The van der Waals surface area contributed by atoms with Crippen molar-refractivity contribution in [1.29, 1.82) is 0 Å². The average molecular weight is 331 g/mol. The van der Waals surface area contributed by atoms with Crippen LogP contribution in [0.3, 0.4) is 0 Å². The highest BCUT2D eigenvalue weighted by Gasteiger charge is 2.19. The molecule has 0 unspecified atom stereocenters. The number of carbonyl (C=O) groups is 2. The SMILES string of the molecule is O=C(CC(=O)N1CCOCC1)Nc1ccc(N2CCCCC2)cc1. The maximum absolute atomic E-state index is 12.1. The van der Waals surface area contributed by atoms with Crippen molar-refractivity contribution in [3.8, 4) is 0 Å². The van der Waals surface area contributed by atoms with Crippen molar-refractivity contribution in [2.75, 3.05) is 49.6 Å². The van der Waals surface area contributed by atoms with Crippen molar-refractivity contribution in [1.82, 2.24) is 4.90 Å². The van der Waals surface area contributed by atoms with Gasteiger partial charge in [0.05, 0.1) is 13.2 Å². The molecule has 24 heavy (non-hydrogen) atoms. The monoisotopic (exact) mass is 331 g/mol. The molecule has 0 aromatic heterocycles. The predicted octanol–water partition coefficient (Wildman–Crippen LogP) is 1.86. The van der Waals surface area contributed by atoms with Gasteiger partial charge in [0.15, 0.2) is 0 Å². The number of morpholine rings is 1. The van der Waals surface area contributed by atoms with Gasteiger partial charge in [-0.2, -0.15) is 0 Å². The van der Waals surface area contributed by atoms with E-state index in [0.717, 1.165) is 18.8 Å². The molecule has 1 N–H and O–H groups in total. The van der Waals surface area contributed by atoms with Gasteiger partial charge >= 0.3 is 0 Å². The van der Waals surface area contributed by atoms with E-state index < -0.39 is 0 Å². The molecule has 130 valence electrons. The molecule has 0 spiro atoms. The first kappa shape index (κ1) is 16.8. The Bertz CT molecular complexity index is 561. The van der Waals surface area contributed by atoms with E-state index in [0.29, 0.717) is 26.3 Å². The largest absolute Gasteiger partial charge is 0.378 e. The Hall–Kier alpha value is -2.08. The molecule has 0 radical (unpaired) electrons. The van der Waals surface area contributed by atoms with Gasteiger partial charge in [0.2, 0.25) is 11.8 Å². The van der Waals surface area contributed by atoms with Crippen LogP contribution in [-0.4, -0.2) is 56.1 Å². The minimum Gasteiger partial charge on any atom is -0.378 e. The molecule has 2 aliphatic heterocycles. The zero-order valence-electron chi connectivity index (χ0n) is 14.0. The second kappa shape index (κ2) is 8.15. The molecule has 1 aromatic carbocycles. The van der Waals surface area contributed by atoms with Gasteiger partial charge in [0.1, 0.15) is 6.42 Å². The highest BCUT2D eigenvalue weighted by atomic mass is 16.5. The Morgan fingerprint density at radius 1 is 0.958 bits per heavy atom. The van der Waals surface area contributed by atoms with Gasteiger partial charge in [-0.15, -0.1) is 0 Å². The van der Waals surface area contributed by atoms with Crippen LogP contribution in [0.5, 0.6) is 0 Å². The maximum Gasteiger partial charge on any atom is 0.233 e. The third-order valence-electron chi connectivity index (χ3n) is 4.55. The van der Waals surface area contributed by atoms with E-state index in [9.17, 15) is 9.59 Å². The number of nitrogens with one attached hydrogen (secondary N) is 1. The average Bonchev–Trinajstić information content (AvgIpc) is 2.64. The second-order valence-corrected chi connectivity index (χ2v) is 6.31. The summed E-state index contributed by atoms with van der Waals surface area (Å²) < 4.78 is 5.21. The molecule has 6 nitrogen and oxygen atoms in total. The van der Waals surface area contributed by atoms with Crippen molar-refractivity contribution in [2.24, 2.45) is 0 Å². The van der Waals surface area contributed by atoms with Gasteiger partial charge in [0, 0.05) is 37.6 Å². The summed E-state index contributed by atoms with van der Waals surface area (Å²) in [5.74, 6) is -0.405. The molecule has 0 aliphatic carbocycles. The number of benzene rings is 1. The molecule has 6 heteroatoms. The van der Waals surface area contributed by atoms with E-state index in [2.05, 4.69) is 10.2 Å². The van der Waals surface area contributed by atoms with Gasteiger partial charge in [0.25, 0.3) is 0 Å². The third kappa shape index (κ3) is 4.47. The lowest BCUT2D eigenvalue weighted by Gasteiger charge is -2.29. The Labute approximate surface area is 142 Å². The van der Waals surface area contributed by atoms with E-state index in [1.807, 2.05) is 24.3 Å². The van der Waals surface area contributed by atoms with Crippen molar-refractivity contribution in [3.63, 3.8) is 0 Å². The third-order valence-corrected chi connectivity index (χ3v) is 4.55. The smallest absolute Gasteiger partial charge is 0.233 e. The number of hydrogen-bond donors (Lipinski definition) is 1. The summed E-state index contributed by atoms with van der Waals surface area (Å²) in [5.41, 5.74) is 1.92. The van der Waals surface area contributed by atoms with Crippen LogP contribution >= 0.6 is 0 Å². The van der Waals surface area contributed by atoms with E-state index >= 15 is 0 Å². The van der Waals surface area contributed by atoms with Crippen LogP contribution in [-0.2, 0) is 14.3 Å². The lowest BCUT2D eigenvalue weighted by atomic mass is 10.1. The number of nitrogens with zero attached hydrogens (tertiary/aromatic N) is 2. The summed E-state index contributed by atoms with van der Waals surface area (Å²) >= 11 is 0. The van der Waals surface area contributed by atoms with Gasteiger partial charge in [-0.3, -0.25) is 9.59 Å². The van der Waals surface area contributed by atoms with E-state index in [1.165, 1.54) is 24.9 Å². The topological polar surface area (TPSA) is 61.9 Å². The zero-order chi connectivity index (χ0) is 16.8. The molecule has 2 amide bonds. The number of ether oxygens (including phenoxy) is 1. The molecule has 0 bridgehead atoms. The summed E-state index contributed by atoms with van der Waals surface area (Å²) in [6.07, 6.45) is 3.67. The summed E-state index contributed by atoms with van der Waals surface area (Å²) in [6, 6.07) is 7.87. The van der Waals surface area contributed by atoms with Crippen LogP contribution in [0.1, 0.15) is 25.7 Å². The minimum absolute atomic E-state index is 0.117. The summed E-state index contributed by atoms with van der Waals surface area (Å²) in [4.78, 5) is 28.2. The number of piperidine rings is 1. The summed E-state index contributed by atoms with van der Waals surface area (Å²) in [5, 5.41) is 2.81. The zero-order valence-corrected chi connectivity index (χ0v) is 14.0. The minimum atomic E-state index is -0.266. The molecule has 2 heterocycles. The number of carbonyl (C=O) groups excluding carboxylic acids is 2. The highest BCUT2D eigenvalue weighted by molar-refractivity contribution is 6.03. The Kier molecular flexibility index (Phi) is 5.69. The molecule has 2 aliphatic rings. The Morgan fingerprint density at radius 2 is 1.62 bits per heavy atom. The Balaban J connectivity index is 1.49. The van der Waals surface area contributed by atoms with Crippen LogP contribution in [0, 0.1) is 0 Å². The number of anilines is 2. The molecule has 2 fully saturated rings. The first-order valence-corrected chi connectivity index (χ1v) is 8.73. The van der Waals surface area contributed by atoms with E-state index in [-0.39, 0.29) is 18.2 Å². The standard InChI is InChI=1S/C18H25N3O3/c22-17(14-18(23)21-10-12-24-13-11-21)19-15-4-6-16(7-5-15)20-8-2-1-3-9-20/h4-7H,1-3,8-14H2,(H,19,22). The quantitative estimate of drug-likeness (QED) is 0.856. The van der Waals surface area contributed by atoms with Gasteiger partial charge < -0.3 is 19.9 Å². The number of hydrogen-bond acceptors (Lipinski definition) is 4. The van der Waals surface area contributed by atoms with E-state index in [4.69, 9.17) is 4.74 Å². The van der Waals surface area contributed by atoms with Gasteiger partial charge in [-0.05, 0) is 43.5 Å². The molecule has 2 saturated heterocycles. The molecule has 3 rings (SSSR count). The van der Waals surface area contributed by atoms with Crippen LogP contribution in [0.25, 0.3) is 0 Å². The molecular formula is C18H25N3O3. The first-order chi connectivity index (χ1) is 11.7. The fourth-order valence-corrected chi connectivity index (χ4v) is 3.17. The lowest BCUT2D eigenvalue weighted by molar-refractivity contribution is -0.138. The number of amides is 2. The van der Waals surface area contributed by atoms with Crippen LogP contribution < -0.4 is 10.2 Å². The van der Waals surface area contributed by atoms with Crippen LogP contribution in [0.15, 0.2) is 24.3 Å². The molecule has 0 atom stereocenters. The lowest BCUT2D eigenvalue weighted by Crippen LogP contribution is -2.41. The fraction of sp³-hybridized carbons (Fsp3) is 0.556. The van der Waals surface area contributed by atoms with E-state index in [1.54, 1.807) is 4.90 Å². The molecule has 0 saturated carbocycles. The fourth-order valence-electron chi connectivity index (χ4n) is 3.17. The first-order valence-electron chi connectivity index (χ1n) is 8.73. The Morgan fingerprint density at radius 3 is 2.29 bits per heavy atom. The highest BCUT2D eigenvalue weighted by Crippen LogP contribution is 2.21. The second-order valence-electron chi connectivity index (χ2n) is 6.31. The summed E-state index contributed by atoms with van der Waals surface area (Å²) in [6.45, 7) is 4.42. The van der Waals surface area contributed by atoms with Crippen molar-refractivity contribution in [2.45, 2.75) is 25.7 Å². The van der Waals surface area contributed by atoms with Gasteiger partial charge in [-0.1, -0.05) is 0 Å². The number of rotatable bonds is 4. The van der Waals surface area contributed by atoms with Crippen molar-refractivity contribution >= 4 is 23.2 Å². The predicted molar refractivity (Wildman–Crippen MR) is 93.2 cm³/mol. The van der Waals surface area contributed by atoms with Gasteiger partial charge in [-0.25, -0.2) is 0 Å². The molecular weight excluding hydrogens is 306 g/mol. The van der Waals surface area contributed by atoms with Crippen LogP contribution in [0.2, 0.25) is 0 Å². The summed E-state index contributed by atoms with van der Waals surface area (Å²) in [7, 11) is 0. The maximum atomic E-state index is 12.1. The normalized spacial score (nSPS) is 18.3. The molecule has 1 aromatic rings. The van der Waals surface area contributed by atoms with Crippen LogP contribution in [0.4, 0.5) is 11.4 Å².